The zero-order valence-corrected chi connectivity index (χ0v) is 15.3. The Hall–Kier alpha value is -1.09. The maximum atomic E-state index is 13.4. The Kier molecular flexibility index (Phi) is 6.25. The molecule has 0 bridgehead atoms. The van der Waals surface area contributed by atoms with Gasteiger partial charge in [-0.25, -0.2) is 0 Å². The zero-order valence-electron chi connectivity index (χ0n) is 12.0. The first kappa shape index (κ1) is 17.3. The van der Waals surface area contributed by atoms with E-state index in [-0.39, 0.29) is 5.82 Å². The average Bonchev–Trinajstić information content (AvgIpc) is 2.49. The van der Waals surface area contributed by atoms with Gasteiger partial charge in [-0.1, -0.05) is 0 Å². The first-order chi connectivity index (χ1) is 10.5. The molecule has 0 aromatic heterocycles. The van der Waals surface area contributed by atoms with E-state index in [4.69, 9.17) is 24.1 Å². The Morgan fingerprint density at radius 1 is 1.09 bits per heavy atom. The van der Waals surface area contributed by atoms with E-state index in [0.717, 1.165) is 17.0 Å². The van der Waals surface area contributed by atoms with Gasteiger partial charge in [0.1, 0.15) is 0 Å². The van der Waals surface area contributed by atoms with E-state index >= 15 is 0 Å². The fourth-order valence-electron chi connectivity index (χ4n) is 1.94. The molecule has 22 heavy (non-hydrogen) atoms. The van der Waals surface area contributed by atoms with Gasteiger partial charge < -0.3 is 0 Å². The molecule has 0 aliphatic heterocycles. The molecule has 6 heteroatoms. The van der Waals surface area contributed by atoms with Crippen LogP contribution in [0.5, 0.6) is 5.75 Å². The molecule has 0 aliphatic rings. The molecule has 0 amide bonds. The molecule has 0 unspecified atom stereocenters. The van der Waals surface area contributed by atoms with Crippen molar-refractivity contribution in [1.29, 1.82) is 0 Å². The van der Waals surface area contributed by atoms with Crippen molar-refractivity contribution >= 4 is 35.9 Å². The van der Waals surface area contributed by atoms with Gasteiger partial charge in [-0.05, 0) is 0 Å². The quantitative estimate of drug-likeness (QED) is 0.402. The number of halogens is 3. The number of hydrogen-bond acceptors (Lipinski definition) is 1. The van der Waals surface area contributed by atoms with Crippen LogP contribution in [0.4, 0.5) is 10.1 Å². The van der Waals surface area contributed by atoms with E-state index in [2.05, 4.69) is 0 Å². The van der Waals surface area contributed by atoms with Crippen LogP contribution in [-0.4, -0.2) is 29.6 Å². The summed E-state index contributed by atoms with van der Waals surface area (Å²) in [5, 5.41) is 0. The van der Waals surface area contributed by atoms with Crippen LogP contribution in [0.2, 0.25) is 0 Å². The standard InChI is InChI=1S/C16H15FNO.2ClH.Ru/c1-12-10-14(17)5-4-13(12)11-18(2)15-6-8-16(19-3)9-7-15;;;/h1,4-11H,2-3H3;2*1H;/q+1;;;+2/p-2. The van der Waals surface area contributed by atoms with Gasteiger partial charge in [0.2, 0.25) is 0 Å². The molecule has 2 aromatic carbocycles. The number of ether oxygens (including phenoxy) is 1. The fraction of sp³-hybridized carbons (Fsp3) is 0.125. The van der Waals surface area contributed by atoms with Crippen molar-refractivity contribution in [2.24, 2.45) is 0 Å². The summed E-state index contributed by atoms with van der Waals surface area (Å²) in [6.45, 7) is 0. The summed E-state index contributed by atoms with van der Waals surface area (Å²) in [4.78, 5) is 0. The number of hydrogen-bond donors (Lipinski definition) is 0. The normalized spacial score (nSPS) is 12.0. The second-order valence-electron chi connectivity index (χ2n) is 4.52. The molecule has 0 N–H and O–H groups in total. The predicted molar refractivity (Wildman–Crippen MR) is 87.3 cm³/mol. The first-order valence-electron chi connectivity index (χ1n) is 6.34. The number of benzene rings is 2. The Labute approximate surface area is 142 Å². The van der Waals surface area contributed by atoms with Gasteiger partial charge in [0.05, 0.1) is 0 Å². The molecule has 0 aliphatic carbocycles. The second kappa shape index (κ2) is 7.96. The summed E-state index contributed by atoms with van der Waals surface area (Å²) < 4.78 is 22.2. The molecule has 118 valence electrons. The SMILES string of the molecule is COc1ccc([N+](C)=Cc2ccc(F)cc2[CH]=[Ru]([Cl])[Cl])cc1. The van der Waals surface area contributed by atoms with Crippen molar-refractivity contribution in [3.05, 3.63) is 59.4 Å². The third kappa shape index (κ3) is 4.71. The van der Waals surface area contributed by atoms with Crippen LogP contribution in [0.25, 0.3) is 0 Å². The van der Waals surface area contributed by atoms with Gasteiger partial charge in [-0.15, -0.1) is 0 Å². The number of nitrogens with zero attached hydrogens (tertiary/aromatic N) is 1. The van der Waals surface area contributed by atoms with Crippen LogP contribution in [0.1, 0.15) is 11.1 Å². The minimum absolute atomic E-state index is 0.306. The first-order valence-corrected chi connectivity index (χ1v) is 11.8. The summed E-state index contributed by atoms with van der Waals surface area (Å²) in [7, 11) is 15.4. The second-order valence-corrected chi connectivity index (χ2v) is 10.2. The third-order valence-electron chi connectivity index (χ3n) is 3.05. The van der Waals surface area contributed by atoms with Crippen molar-refractivity contribution < 1.29 is 27.2 Å². The van der Waals surface area contributed by atoms with Gasteiger partial charge in [-0.3, -0.25) is 0 Å². The zero-order chi connectivity index (χ0) is 16.1. The van der Waals surface area contributed by atoms with Crippen molar-refractivity contribution in [3.8, 4) is 5.75 Å². The molecular weight excluding hydrogens is 413 g/mol. The van der Waals surface area contributed by atoms with E-state index in [9.17, 15) is 4.39 Å². The van der Waals surface area contributed by atoms with Gasteiger partial charge >= 0.3 is 142 Å². The molecule has 0 spiro atoms. The van der Waals surface area contributed by atoms with Crippen molar-refractivity contribution in [2.75, 3.05) is 14.2 Å². The van der Waals surface area contributed by atoms with Crippen LogP contribution in [0.3, 0.4) is 0 Å². The molecule has 2 aromatic rings. The average molecular weight is 428 g/mol. The van der Waals surface area contributed by atoms with Crippen LogP contribution in [0, 0.1) is 5.82 Å². The van der Waals surface area contributed by atoms with Crippen LogP contribution < -0.4 is 4.74 Å². The molecule has 0 atom stereocenters. The molecular formula is C16H15Cl2FNORu+. The van der Waals surface area contributed by atoms with Gasteiger partial charge in [0.15, 0.2) is 0 Å². The molecule has 0 radical (unpaired) electrons. The summed E-state index contributed by atoms with van der Waals surface area (Å²) in [5.41, 5.74) is 2.56. The van der Waals surface area contributed by atoms with Crippen molar-refractivity contribution in [3.63, 3.8) is 0 Å². The van der Waals surface area contributed by atoms with Gasteiger partial charge in [0.25, 0.3) is 0 Å². The number of rotatable bonds is 4. The molecule has 2 nitrogen and oxygen atoms in total. The van der Waals surface area contributed by atoms with Crippen molar-refractivity contribution in [1.82, 2.24) is 0 Å². The van der Waals surface area contributed by atoms with E-state index in [1.165, 1.54) is 12.1 Å². The topological polar surface area (TPSA) is 12.2 Å². The maximum absolute atomic E-state index is 13.4. The van der Waals surface area contributed by atoms with Crippen LogP contribution in [-0.2, 0) is 13.5 Å². The Morgan fingerprint density at radius 2 is 1.77 bits per heavy atom. The van der Waals surface area contributed by atoms with E-state index in [0.29, 0.717) is 5.56 Å². The summed E-state index contributed by atoms with van der Waals surface area (Å²) >= 11 is -2.02. The third-order valence-corrected chi connectivity index (χ3v) is 4.88. The monoisotopic (exact) mass is 428 g/mol. The van der Waals surface area contributed by atoms with E-state index < -0.39 is 13.5 Å². The molecule has 0 saturated heterocycles. The molecule has 0 fully saturated rings. The van der Waals surface area contributed by atoms with Crippen LogP contribution >= 0.6 is 19.4 Å². The minimum atomic E-state index is -2.02. The van der Waals surface area contributed by atoms with Crippen LogP contribution in [0.15, 0.2) is 42.5 Å². The Bertz CT molecular complexity index is 725. The number of methoxy groups -OCH3 is 1. The molecule has 0 saturated carbocycles. The molecule has 0 heterocycles. The Morgan fingerprint density at radius 3 is 2.36 bits per heavy atom. The summed E-state index contributed by atoms with van der Waals surface area (Å²) in [6.07, 6.45) is 1.92. The van der Waals surface area contributed by atoms with Gasteiger partial charge in [0, 0.05) is 0 Å². The van der Waals surface area contributed by atoms with Crippen molar-refractivity contribution in [2.45, 2.75) is 0 Å². The summed E-state index contributed by atoms with van der Waals surface area (Å²) in [6, 6.07) is 12.2. The van der Waals surface area contributed by atoms with E-state index in [1.807, 2.05) is 42.1 Å². The fourth-order valence-corrected chi connectivity index (χ4v) is 3.76. The van der Waals surface area contributed by atoms with Gasteiger partial charge in [-0.2, -0.15) is 0 Å². The molecule has 2 rings (SSSR count). The Balaban J connectivity index is 2.40. The van der Waals surface area contributed by atoms with E-state index in [1.54, 1.807) is 17.8 Å². The predicted octanol–water partition coefficient (Wildman–Crippen LogP) is 4.30. The summed E-state index contributed by atoms with van der Waals surface area (Å²) in [5.74, 6) is 0.491.